The summed E-state index contributed by atoms with van der Waals surface area (Å²) in [5.41, 5.74) is 4.02. The maximum Gasteiger partial charge on any atom is 0.143 e. The van der Waals surface area contributed by atoms with Crippen molar-refractivity contribution in [1.29, 1.82) is 0 Å². The Labute approximate surface area is 156 Å². The van der Waals surface area contributed by atoms with Gasteiger partial charge in [0, 0.05) is 36.7 Å². The second kappa shape index (κ2) is 6.30. The molecule has 140 valence electrons. The largest absolute Gasteiger partial charge is 0.487 e. The lowest BCUT2D eigenvalue weighted by Crippen LogP contribution is -2.34. The molecule has 3 N–H and O–H groups in total. The first-order chi connectivity index (χ1) is 13.1. The van der Waals surface area contributed by atoms with Gasteiger partial charge < -0.3 is 24.8 Å². The molecule has 3 heterocycles. The molecule has 7 nitrogen and oxygen atoms in total. The number of hydrogen-bond acceptors (Lipinski definition) is 6. The Balaban J connectivity index is 1.44. The minimum Gasteiger partial charge on any atom is -0.487 e. The zero-order valence-electron chi connectivity index (χ0n) is 15.0. The van der Waals surface area contributed by atoms with E-state index in [0.29, 0.717) is 6.42 Å². The van der Waals surface area contributed by atoms with Crippen molar-refractivity contribution in [3.8, 4) is 5.75 Å². The standard InChI is InChI=1S/C20H22N4O3/c1-11-13-5-6-24(20(13)23-10-22-11)15-7-17(19(26)18(15)25)27-16-4-2-3-12-8-21-9-14(12)16/h2-6,10,15,17-19,21,25-26H,7-9H2,1H3/t15-,17+,18+,19-/m1/s1. The van der Waals surface area contributed by atoms with Crippen LogP contribution in [0.3, 0.4) is 0 Å². The molecule has 2 aromatic heterocycles. The topological polar surface area (TPSA) is 92.4 Å². The van der Waals surface area contributed by atoms with E-state index in [1.165, 1.54) is 11.9 Å². The van der Waals surface area contributed by atoms with E-state index in [0.717, 1.165) is 41.1 Å². The Bertz CT molecular complexity index is 1000. The van der Waals surface area contributed by atoms with Crippen LogP contribution in [-0.4, -0.2) is 43.1 Å². The van der Waals surface area contributed by atoms with Gasteiger partial charge in [-0.25, -0.2) is 9.97 Å². The van der Waals surface area contributed by atoms with E-state index < -0.39 is 18.3 Å². The number of aromatic nitrogens is 3. The van der Waals surface area contributed by atoms with E-state index in [1.807, 2.05) is 35.9 Å². The van der Waals surface area contributed by atoms with Crippen molar-refractivity contribution in [3.05, 3.63) is 53.6 Å². The number of nitrogens with zero attached hydrogens (tertiary/aromatic N) is 3. The molecule has 7 heteroatoms. The minimum atomic E-state index is -0.958. The third-order valence-corrected chi connectivity index (χ3v) is 5.79. The van der Waals surface area contributed by atoms with Crippen LogP contribution in [0.5, 0.6) is 5.75 Å². The quantitative estimate of drug-likeness (QED) is 0.650. The molecular weight excluding hydrogens is 344 g/mol. The van der Waals surface area contributed by atoms with Gasteiger partial charge in [-0.2, -0.15) is 0 Å². The van der Waals surface area contributed by atoms with E-state index in [4.69, 9.17) is 4.74 Å². The third-order valence-electron chi connectivity index (χ3n) is 5.79. The van der Waals surface area contributed by atoms with E-state index in [1.54, 1.807) is 0 Å². The van der Waals surface area contributed by atoms with Crippen LogP contribution in [-0.2, 0) is 13.1 Å². The van der Waals surface area contributed by atoms with Crippen LogP contribution in [0.25, 0.3) is 11.0 Å². The van der Waals surface area contributed by atoms with Gasteiger partial charge in [-0.15, -0.1) is 0 Å². The second-order valence-corrected chi connectivity index (χ2v) is 7.36. The molecule has 0 amide bonds. The molecule has 1 aliphatic carbocycles. The fraction of sp³-hybridized carbons (Fsp3) is 0.400. The van der Waals surface area contributed by atoms with Gasteiger partial charge in [0.2, 0.25) is 0 Å². The Kier molecular flexibility index (Phi) is 3.89. The number of rotatable bonds is 3. The summed E-state index contributed by atoms with van der Waals surface area (Å²) in [6.45, 7) is 3.53. The summed E-state index contributed by atoms with van der Waals surface area (Å²) < 4.78 is 8.10. The molecule has 5 rings (SSSR count). The van der Waals surface area contributed by atoms with Gasteiger partial charge in [0.05, 0.1) is 11.7 Å². The van der Waals surface area contributed by atoms with E-state index in [-0.39, 0.29) is 6.04 Å². The average molecular weight is 366 g/mol. The monoisotopic (exact) mass is 366 g/mol. The van der Waals surface area contributed by atoms with E-state index in [9.17, 15) is 10.2 Å². The molecule has 0 spiro atoms. The third kappa shape index (κ3) is 2.62. The van der Waals surface area contributed by atoms with Crippen molar-refractivity contribution >= 4 is 11.0 Å². The van der Waals surface area contributed by atoms with Crippen LogP contribution in [0.2, 0.25) is 0 Å². The molecular formula is C20H22N4O3. The van der Waals surface area contributed by atoms with Crippen molar-refractivity contribution in [3.63, 3.8) is 0 Å². The number of ether oxygens (including phenoxy) is 1. The van der Waals surface area contributed by atoms with Gasteiger partial charge in [-0.05, 0) is 24.6 Å². The average Bonchev–Trinajstić information content (AvgIpc) is 3.37. The summed E-state index contributed by atoms with van der Waals surface area (Å²) in [5, 5.41) is 25.6. The number of nitrogens with one attached hydrogen (secondary N) is 1. The molecule has 0 unspecified atom stereocenters. The summed E-state index contributed by atoms with van der Waals surface area (Å²) >= 11 is 0. The maximum absolute atomic E-state index is 10.7. The Morgan fingerprint density at radius 3 is 2.93 bits per heavy atom. The van der Waals surface area contributed by atoms with Gasteiger partial charge in [0.15, 0.2) is 0 Å². The molecule has 3 aromatic rings. The van der Waals surface area contributed by atoms with Gasteiger partial charge in [0.1, 0.15) is 36.0 Å². The Morgan fingerprint density at radius 2 is 2.04 bits per heavy atom. The highest BCUT2D eigenvalue weighted by Crippen LogP contribution is 2.37. The van der Waals surface area contributed by atoms with Gasteiger partial charge >= 0.3 is 0 Å². The molecule has 1 aromatic carbocycles. The number of fused-ring (bicyclic) bond motifs is 2. The molecule has 1 aliphatic heterocycles. The molecule has 27 heavy (non-hydrogen) atoms. The number of aliphatic hydroxyl groups is 2. The maximum atomic E-state index is 10.7. The SMILES string of the molecule is Cc1ncnc2c1ccn2[C@@H]1C[C@H](Oc2cccc3c2CNC3)[C@@H](O)[C@H]1O. The number of benzene rings is 1. The molecule has 0 bridgehead atoms. The van der Waals surface area contributed by atoms with Crippen molar-refractivity contribution < 1.29 is 14.9 Å². The zero-order valence-corrected chi connectivity index (χ0v) is 15.0. The molecule has 4 atom stereocenters. The molecule has 1 fully saturated rings. The summed E-state index contributed by atoms with van der Waals surface area (Å²) in [5.74, 6) is 0.782. The van der Waals surface area contributed by atoms with Crippen molar-refractivity contribution in [1.82, 2.24) is 19.9 Å². The van der Waals surface area contributed by atoms with Crippen LogP contribution in [0, 0.1) is 6.92 Å². The molecule has 0 radical (unpaired) electrons. The second-order valence-electron chi connectivity index (χ2n) is 7.36. The highest BCUT2D eigenvalue weighted by Gasteiger charge is 2.44. The number of aryl methyl sites for hydroxylation is 1. The highest BCUT2D eigenvalue weighted by molar-refractivity contribution is 5.78. The van der Waals surface area contributed by atoms with Crippen molar-refractivity contribution in [2.45, 2.75) is 50.8 Å². The van der Waals surface area contributed by atoms with Crippen LogP contribution >= 0.6 is 0 Å². The minimum absolute atomic E-state index is 0.299. The van der Waals surface area contributed by atoms with Crippen molar-refractivity contribution in [2.24, 2.45) is 0 Å². The first-order valence-corrected chi connectivity index (χ1v) is 9.26. The smallest absolute Gasteiger partial charge is 0.143 e. The molecule has 0 saturated heterocycles. The predicted octanol–water partition coefficient (Wildman–Crippen LogP) is 1.46. The van der Waals surface area contributed by atoms with Crippen molar-refractivity contribution in [2.75, 3.05) is 0 Å². The van der Waals surface area contributed by atoms with Gasteiger partial charge in [0.25, 0.3) is 0 Å². The summed E-state index contributed by atoms with van der Waals surface area (Å²) in [7, 11) is 0. The first-order valence-electron chi connectivity index (χ1n) is 9.26. The van der Waals surface area contributed by atoms with E-state index in [2.05, 4.69) is 21.4 Å². The molecule has 1 saturated carbocycles. The highest BCUT2D eigenvalue weighted by atomic mass is 16.5. The lowest BCUT2D eigenvalue weighted by Gasteiger charge is -2.20. The summed E-state index contributed by atoms with van der Waals surface area (Å²) in [6.07, 6.45) is 1.58. The molecule has 2 aliphatic rings. The van der Waals surface area contributed by atoms with Crippen LogP contribution in [0.1, 0.15) is 29.3 Å². The lowest BCUT2D eigenvalue weighted by molar-refractivity contribution is -0.0165. The fourth-order valence-electron chi connectivity index (χ4n) is 4.30. The number of aliphatic hydroxyl groups excluding tert-OH is 2. The van der Waals surface area contributed by atoms with E-state index >= 15 is 0 Å². The van der Waals surface area contributed by atoms with Gasteiger partial charge in [-0.1, -0.05) is 12.1 Å². The van der Waals surface area contributed by atoms with Gasteiger partial charge in [-0.3, -0.25) is 0 Å². The number of hydrogen-bond donors (Lipinski definition) is 3. The fourth-order valence-corrected chi connectivity index (χ4v) is 4.30. The van der Waals surface area contributed by atoms with Crippen LogP contribution in [0.15, 0.2) is 36.8 Å². The lowest BCUT2D eigenvalue weighted by atomic mass is 10.1. The normalized spacial score (nSPS) is 27.2. The first kappa shape index (κ1) is 16.7. The predicted molar refractivity (Wildman–Crippen MR) is 99.3 cm³/mol. The zero-order chi connectivity index (χ0) is 18.5. The summed E-state index contributed by atoms with van der Waals surface area (Å²) in [4.78, 5) is 8.59. The Hall–Kier alpha value is -2.48. The summed E-state index contributed by atoms with van der Waals surface area (Å²) in [6, 6.07) is 7.63. The van der Waals surface area contributed by atoms with Crippen LogP contribution < -0.4 is 10.1 Å². The Morgan fingerprint density at radius 1 is 1.15 bits per heavy atom. The van der Waals surface area contributed by atoms with Crippen LogP contribution in [0.4, 0.5) is 0 Å².